The van der Waals surface area contributed by atoms with E-state index in [4.69, 9.17) is 5.11 Å². The molecule has 1 aromatic rings. The second kappa shape index (κ2) is 6.30. The van der Waals surface area contributed by atoms with Crippen molar-refractivity contribution in [2.24, 2.45) is 0 Å². The highest BCUT2D eigenvalue weighted by atomic mass is 19.3. The van der Waals surface area contributed by atoms with Crippen molar-refractivity contribution in [3.8, 4) is 0 Å². The van der Waals surface area contributed by atoms with Crippen LogP contribution in [0, 0.1) is 0 Å². The molecule has 19 heavy (non-hydrogen) atoms. The molecule has 0 unspecified atom stereocenters. The predicted molar refractivity (Wildman–Crippen MR) is 71.6 cm³/mol. The minimum atomic E-state index is -3.05. The Morgan fingerprint density at radius 1 is 1.21 bits per heavy atom. The molecule has 0 saturated carbocycles. The van der Waals surface area contributed by atoms with Gasteiger partial charge in [-0.25, -0.2) is 8.78 Å². The number of para-hydroxylation sites is 1. The number of alkyl halides is 2. The zero-order valence-corrected chi connectivity index (χ0v) is 10.9. The Labute approximate surface area is 112 Å². The van der Waals surface area contributed by atoms with Crippen LogP contribution in [-0.2, 0) is 6.54 Å². The van der Waals surface area contributed by atoms with Crippen LogP contribution in [0.4, 0.5) is 14.5 Å². The maximum atomic E-state index is 12.9. The monoisotopic (exact) mass is 270 g/mol. The molecule has 2 N–H and O–H groups in total. The Morgan fingerprint density at radius 3 is 2.58 bits per heavy atom. The van der Waals surface area contributed by atoms with E-state index in [-0.39, 0.29) is 0 Å². The van der Waals surface area contributed by atoms with Gasteiger partial charge in [-0.3, -0.25) is 0 Å². The summed E-state index contributed by atoms with van der Waals surface area (Å²) in [6.45, 7) is 0.835. The van der Waals surface area contributed by atoms with Crippen molar-refractivity contribution in [1.29, 1.82) is 0 Å². The molecule has 1 aliphatic heterocycles. The summed E-state index contributed by atoms with van der Waals surface area (Å²) in [6.07, 6.45) is 2.37. The fraction of sp³-hybridized carbons (Fsp3) is 0.571. The number of halogens is 2. The van der Waals surface area contributed by atoms with Crippen LogP contribution >= 0.6 is 0 Å². The molecule has 0 bridgehead atoms. The summed E-state index contributed by atoms with van der Waals surface area (Å²) in [6, 6.07) is 7.88. The first-order chi connectivity index (χ1) is 9.12. The lowest BCUT2D eigenvalue weighted by molar-refractivity contribution is -0.0477. The van der Waals surface area contributed by atoms with Crippen molar-refractivity contribution in [3.63, 3.8) is 0 Å². The van der Waals surface area contributed by atoms with Gasteiger partial charge in [0, 0.05) is 25.3 Å². The van der Waals surface area contributed by atoms with Crippen molar-refractivity contribution in [3.05, 3.63) is 29.8 Å². The summed E-state index contributed by atoms with van der Waals surface area (Å²) in [5.74, 6) is -3.05. The average molecular weight is 270 g/mol. The van der Waals surface area contributed by atoms with Crippen LogP contribution in [0.25, 0.3) is 0 Å². The molecule has 1 aromatic carbocycles. The number of aliphatic hydroxyl groups excluding tert-OH is 1. The topological polar surface area (TPSA) is 35.5 Å². The lowest BCUT2D eigenvalue weighted by Gasteiger charge is -2.22. The molecule has 0 radical (unpaired) electrons. The molecule has 1 fully saturated rings. The number of aliphatic hydroxyl groups is 1. The summed E-state index contributed by atoms with van der Waals surface area (Å²) in [5, 5.41) is 11.2. The maximum Gasteiger partial charge on any atom is 0.282 e. The number of anilines is 1. The lowest BCUT2D eigenvalue weighted by Crippen LogP contribution is -2.35. The van der Waals surface area contributed by atoms with E-state index in [9.17, 15) is 8.78 Å². The van der Waals surface area contributed by atoms with Crippen molar-refractivity contribution in [2.75, 3.05) is 31.1 Å². The molecule has 0 aromatic heterocycles. The third kappa shape index (κ3) is 3.88. The van der Waals surface area contributed by atoms with Crippen molar-refractivity contribution in [1.82, 2.24) is 5.32 Å². The summed E-state index contributed by atoms with van der Waals surface area (Å²) in [4.78, 5) is 2.29. The first-order valence-electron chi connectivity index (χ1n) is 6.65. The number of benzene rings is 1. The highest BCUT2D eigenvalue weighted by Crippen LogP contribution is 2.24. The highest BCUT2D eigenvalue weighted by molar-refractivity contribution is 5.54. The van der Waals surface area contributed by atoms with Gasteiger partial charge in [-0.15, -0.1) is 0 Å². The molecule has 0 aliphatic carbocycles. The Kier molecular flexibility index (Phi) is 4.71. The van der Waals surface area contributed by atoms with Crippen LogP contribution in [0.3, 0.4) is 0 Å². The van der Waals surface area contributed by atoms with Gasteiger partial charge in [0.15, 0.2) is 0 Å². The molecule has 2 rings (SSSR count). The first-order valence-corrected chi connectivity index (χ1v) is 6.65. The van der Waals surface area contributed by atoms with E-state index in [0.29, 0.717) is 6.54 Å². The zero-order valence-electron chi connectivity index (χ0n) is 10.9. The smallest absolute Gasteiger partial charge is 0.282 e. The van der Waals surface area contributed by atoms with Crippen molar-refractivity contribution in [2.45, 2.75) is 25.3 Å². The number of nitrogens with zero attached hydrogens (tertiary/aromatic N) is 1. The molecule has 1 heterocycles. The van der Waals surface area contributed by atoms with Gasteiger partial charge in [0.2, 0.25) is 0 Å². The zero-order chi connectivity index (χ0) is 13.7. The minimum Gasteiger partial charge on any atom is -0.390 e. The van der Waals surface area contributed by atoms with Crippen LogP contribution in [-0.4, -0.2) is 37.3 Å². The number of hydrogen-bond acceptors (Lipinski definition) is 3. The largest absolute Gasteiger partial charge is 0.390 e. The van der Waals surface area contributed by atoms with Crippen molar-refractivity contribution >= 4 is 5.69 Å². The molecule has 1 saturated heterocycles. The van der Waals surface area contributed by atoms with E-state index in [1.807, 2.05) is 24.3 Å². The van der Waals surface area contributed by atoms with Crippen LogP contribution in [0.15, 0.2) is 24.3 Å². The number of rotatable bonds is 6. The normalized spacial score (nSPS) is 16.1. The molecule has 0 amide bonds. The minimum absolute atomic E-state index is 0.391. The summed E-state index contributed by atoms with van der Waals surface area (Å²) in [7, 11) is 0. The van der Waals surface area contributed by atoms with Gasteiger partial charge >= 0.3 is 0 Å². The molecule has 0 atom stereocenters. The van der Waals surface area contributed by atoms with E-state index in [0.717, 1.165) is 24.3 Å². The van der Waals surface area contributed by atoms with E-state index in [1.165, 1.54) is 12.8 Å². The third-order valence-corrected chi connectivity index (χ3v) is 3.37. The van der Waals surface area contributed by atoms with E-state index in [2.05, 4.69) is 10.2 Å². The van der Waals surface area contributed by atoms with Crippen LogP contribution in [0.5, 0.6) is 0 Å². The predicted octanol–water partition coefficient (Wildman–Crippen LogP) is 2.00. The van der Waals surface area contributed by atoms with Gasteiger partial charge in [0.25, 0.3) is 5.92 Å². The quantitative estimate of drug-likeness (QED) is 0.830. The summed E-state index contributed by atoms with van der Waals surface area (Å²) >= 11 is 0. The second-order valence-corrected chi connectivity index (χ2v) is 4.94. The molecular weight excluding hydrogens is 250 g/mol. The lowest BCUT2D eigenvalue weighted by atomic mass is 10.1. The summed E-state index contributed by atoms with van der Waals surface area (Å²) in [5.41, 5.74) is 2.15. The first kappa shape index (κ1) is 14.2. The number of nitrogens with one attached hydrogen (secondary N) is 1. The van der Waals surface area contributed by atoms with Gasteiger partial charge < -0.3 is 15.3 Å². The van der Waals surface area contributed by atoms with E-state index >= 15 is 0 Å². The highest BCUT2D eigenvalue weighted by Gasteiger charge is 2.27. The van der Waals surface area contributed by atoms with Gasteiger partial charge in [-0.05, 0) is 24.5 Å². The number of hydrogen-bond donors (Lipinski definition) is 2. The molecule has 3 nitrogen and oxygen atoms in total. The van der Waals surface area contributed by atoms with Crippen LogP contribution in [0.1, 0.15) is 18.4 Å². The third-order valence-electron chi connectivity index (χ3n) is 3.37. The average Bonchev–Trinajstić information content (AvgIpc) is 2.93. The van der Waals surface area contributed by atoms with Gasteiger partial charge in [0.1, 0.15) is 6.61 Å². The molecule has 5 heteroatoms. The van der Waals surface area contributed by atoms with Gasteiger partial charge in [-0.1, -0.05) is 18.2 Å². The van der Waals surface area contributed by atoms with Crippen molar-refractivity contribution < 1.29 is 13.9 Å². The fourth-order valence-electron chi connectivity index (χ4n) is 2.36. The molecule has 106 valence electrons. The Bertz CT molecular complexity index is 406. The molecule has 0 spiro atoms. The Morgan fingerprint density at radius 2 is 1.89 bits per heavy atom. The van der Waals surface area contributed by atoms with Gasteiger partial charge in [-0.2, -0.15) is 0 Å². The molecule has 1 aliphatic rings. The van der Waals surface area contributed by atoms with Crippen LogP contribution < -0.4 is 10.2 Å². The standard InChI is InChI=1S/C14H20F2N2O/c15-14(16,11-19)10-17-9-12-5-1-2-6-13(12)18-7-3-4-8-18/h1-2,5-6,17,19H,3-4,7-11H2. The SMILES string of the molecule is OCC(F)(F)CNCc1ccccc1N1CCCC1. The Balaban J connectivity index is 1.96. The molecular formula is C14H20F2N2O. The maximum absolute atomic E-state index is 12.9. The van der Waals surface area contributed by atoms with E-state index < -0.39 is 19.1 Å². The van der Waals surface area contributed by atoms with E-state index in [1.54, 1.807) is 0 Å². The van der Waals surface area contributed by atoms with Crippen LogP contribution in [0.2, 0.25) is 0 Å². The Hall–Kier alpha value is -1.20. The summed E-state index contributed by atoms with van der Waals surface area (Å²) < 4.78 is 25.9. The second-order valence-electron chi connectivity index (χ2n) is 4.94. The fourth-order valence-corrected chi connectivity index (χ4v) is 2.36. The van der Waals surface area contributed by atoms with Gasteiger partial charge in [0.05, 0.1) is 6.54 Å².